The van der Waals surface area contributed by atoms with Gasteiger partial charge in [0.1, 0.15) is 15.6 Å². The number of ether oxygens (including phenoxy) is 1. The van der Waals surface area contributed by atoms with E-state index in [1.165, 1.54) is 6.26 Å². The van der Waals surface area contributed by atoms with Gasteiger partial charge in [-0.2, -0.15) is 0 Å². The number of hydrogen-bond acceptors (Lipinski definition) is 3. The molecule has 5 heteroatoms. The minimum Gasteiger partial charge on any atom is -0.493 e. The molecule has 1 aromatic carbocycles. The first-order chi connectivity index (χ1) is 7.40. The zero-order valence-corrected chi connectivity index (χ0v) is 11.8. The molecule has 0 saturated carbocycles. The van der Waals surface area contributed by atoms with Crippen LogP contribution in [-0.2, 0) is 9.84 Å². The van der Waals surface area contributed by atoms with Gasteiger partial charge >= 0.3 is 0 Å². The maximum atomic E-state index is 10.9. The van der Waals surface area contributed by atoms with Crippen molar-refractivity contribution in [2.75, 3.05) is 18.6 Å². The van der Waals surface area contributed by atoms with Crippen LogP contribution in [0.4, 0.5) is 0 Å². The third kappa shape index (κ3) is 4.53. The quantitative estimate of drug-likeness (QED) is 0.785. The van der Waals surface area contributed by atoms with E-state index in [9.17, 15) is 8.42 Å². The Hall–Kier alpha value is -0.550. The van der Waals surface area contributed by atoms with Crippen molar-refractivity contribution in [3.8, 4) is 5.75 Å². The molecule has 0 aliphatic rings. The summed E-state index contributed by atoms with van der Waals surface area (Å²) in [5, 5.41) is 0. The second kappa shape index (κ2) is 5.68. The maximum Gasteiger partial charge on any atom is 0.147 e. The molecule has 0 saturated heterocycles. The molecule has 1 aromatic rings. The number of benzene rings is 1. The number of halogens is 1. The number of hydrogen-bond donors (Lipinski definition) is 0. The van der Waals surface area contributed by atoms with Crippen LogP contribution in [0.25, 0.3) is 0 Å². The molecule has 0 aromatic heterocycles. The van der Waals surface area contributed by atoms with Gasteiger partial charge in [-0.15, -0.1) is 0 Å². The molecule has 0 aliphatic heterocycles. The van der Waals surface area contributed by atoms with Gasteiger partial charge in [0, 0.05) is 16.3 Å². The van der Waals surface area contributed by atoms with Crippen LogP contribution >= 0.6 is 15.9 Å². The van der Waals surface area contributed by atoms with Crippen LogP contribution < -0.4 is 4.74 Å². The van der Waals surface area contributed by atoms with Gasteiger partial charge in [-0.25, -0.2) is 8.42 Å². The fourth-order valence-corrected chi connectivity index (χ4v) is 2.24. The lowest BCUT2D eigenvalue weighted by Crippen LogP contribution is -2.08. The van der Waals surface area contributed by atoms with Gasteiger partial charge in [0.15, 0.2) is 0 Å². The normalized spacial score (nSPS) is 11.4. The summed E-state index contributed by atoms with van der Waals surface area (Å²) in [6.07, 6.45) is 1.75. The zero-order valence-electron chi connectivity index (χ0n) is 9.36. The van der Waals surface area contributed by atoms with Gasteiger partial charge in [0.05, 0.1) is 12.4 Å². The monoisotopic (exact) mass is 306 g/mol. The van der Waals surface area contributed by atoms with Crippen molar-refractivity contribution in [2.24, 2.45) is 0 Å². The van der Waals surface area contributed by atoms with Gasteiger partial charge in [-0.1, -0.05) is 22.0 Å². The van der Waals surface area contributed by atoms with Crippen LogP contribution in [0.15, 0.2) is 22.7 Å². The molecule has 0 spiro atoms. The van der Waals surface area contributed by atoms with E-state index in [0.717, 1.165) is 15.8 Å². The highest BCUT2D eigenvalue weighted by molar-refractivity contribution is 9.10. The predicted octanol–water partition coefficient (Wildman–Crippen LogP) is 2.57. The van der Waals surface area contributed by atoms with Gasteiger partial charge in [-0.05, 0) is 25.5 Å². The topological polar surface area (TPSA) is 43.4 Å². The van der Waals surface area contributed by atoms with Crippen molar-refractivity contribution in [3.05, 3.63) is 28.2 Å². The van der Waals surface area contributed by atoms with E-state index in [1.807, 2.05) is 25.1 Å². The Morgan fingerprint density at radius 2 is 2.06 bits per heavy atom. The molecule has 0 N–H and O–H groups in total. The lowest BCUT2D eigenvalue weighted by Gasteiger charge is -2.09. The molecule has 90 valence electrons. The van der Waals surface area contributed by atoms with E-state index in [0.29, 0.717) is 13.0 Å². The standard InChI is InChI=1S/C11H15BrO3S/c1-9-10(12)5-3-6-11(9)15-7-4-8-16(2,13)14/h3,5-6H,4,7-8H2,1-2H3. The van der Waals surface area contributed by atoms with Gasteiger partial charge in [-0.3, -0.25) is 0 Å². The van der Waals surface area contributed by atoms with Gasteiger partial charge in [0.25, 0.3) is 0 Å². The summed E-state index contributed by atoms with van der Waals surface area (Å²) in [7, 11) is -2.89. The first kappa shape index (κ1) is 13.5. The lowest BCUT2D eigenvalue weighted by atomic mass is 10.2. The highest BCUT2D eigenvalue weighted by atomic mass is 79.9. The first-order valence-corrected chi connectivity index (χ1v) is 7.81. The summed E-state index contributed by atoms with van der Waals surface area (Å²) in [6, 6.07) is 5.71. The third-order valence-corrected chi connectivity index (χ3v) is 4.02. The largest absolute Gasteiger partial charge is 0.493 e. The van der Waals surface area contributed by atoms with E-state index in [-0.39, 0.29) is 5.75 Å². The zero-order chi connectivity index (χ0) is 12.2. The Bertz CT molecular complexity index is 454. The second-order valence-electron chi connectivity index (χ2n) is 3.69. The minimum atomic E-state index is -2.89. The van der Waals surface area contributed by atoms with Crippen molar-refractivity contribution >= 4 is 25.8 Å². The lowest BCUT2D eigenvalue weighted by molar-refractivity contribution is 0.315. The Morgan fingerprint density at radius 1 is 1.38 bits per heavy atom. The molecular formula is C11H15BrO3S. The van der Waals surface area contributed by atoms with Crippen LogP contribution in [-0.4, -0.2) is 27.0 Å². The Kier molecular flexibility index (Phi) is 4.80. The molecule has 0 heterocycles. The summed E-state index contributed by atoms with van der Waals surface area (Å²) in [5.41, 5.74) is 1.03. The van der Waals surface area contributed by atoms with Crippen molar-refractivity contribution in [3.63, 3.8) is 0 Å². The van der Waals surface area contributed by atoms with Crippen LogP contribution in [0, 0.1) is 6.92 Å². The van der Waals surface area contributed by atoms with Gasteiger partial charge in [0.2, 0.25) is 0 Å². The Balaban J connectivity index is 2.47. The summed E-state index contributed by atoms with van der Waals surface area (Å²) in [6.45, 7) is 2.38. The van der Waals surface area contributed by atoms with Crippen molar-refractivity contribution < 1.29 is 13.2 Å². The Labute approximate surface area is 105 Å². The minimum absolute atomic E-state index is 0.167. The molecule has 0 amide bonds. The smallest absolute Gasteiger partial charge is 0.147 e. The first-order valence-electron chi connectivity index (χ1n) is 4.96. The average Bonchev–Trinajstić information content (AvgIpc) is 2.17. The van der Waals surface area contributed by atoms with Gasteiger partial charge < -0.3 is 4.74 Å². The molecular weight excluding hydrogens is 292 g/mol. The van der Waals surface area contributed by atoms with Crippen LogP contribution in [0.1, 0.15) is 12.0 Å². The fraction of sp³-hybridized carbons (Fsp3) is 0.455. The van der Waals surface area contributed by atoms with E-state index >= 15 is 0 Å². The maximum absolute atomic E-state index is 10.9. The third-order valence-electron chi connectivity index (χ3n) is 2.14. The van der Waals surface area contributed by atoms with Crippen LogP contribution in [0.3, 0.4) is 0 Å². The Morgan fingerprint density at radius 3 is 2.69 bits per heavy atom. The molecule has 0 unspecified atom stereocenters. The second-order valence-corrected chi connectivity index (χ2v) is 6.81. The highest BCUT2D eigenvalue weighted by Crippen LogP contribution is 2.25. The summed E-state index contributed by atoms with van der Waals surface area (Å²) >= 11 is 3.41. The molecule has 0 fully saturated rings. The fourth-order valence-electron chi connectivity index (χ4n) is 1.25. The van der Waals surface area contributed by atoms with E-state index in [2.05, 4.69) is 15.9 Å². The molecule has 16 heavy (non-hydrogen) atoms. The summed E-state index contributed by atoms with van der Waals surface area (Å²) < 4.78 is 28.3. The molecule has 0 bridgehead atoms. The van der Waals surface area contributed by atoms with Crippen LogP contribution in [0.5, 0.6) is 5.75 Å². The number of rotatable bonds is 5. The van der Waals surface area contributed by atoms with Crippen LogP contribution in [0.2, 0.25) is 0 Å². The number of sulfone groups is 1. The highest BCUT2D eigenvalue weighted by Gasteiger charge is 2.04. The van der Waals surface area contributed by atoms with Crippen molar-refractivity contribution in [2.45, 2.75) is 13.3 Å². The molecule has 0 atom stereocenters. The van der Waals surface area contributed by atoms with E-state index in [1.54, 1.807) is 0 Å². The SMILES string of the molecule is Cc1c(Br)cccc1OCCCS(C)(=O)=O. The van der Waals surface area contributed by atoms with Crippen molar-refractivity contribution in [1.82, 2.24) is 0 Å². The predicted molar refractivity (Wildman–Crippen MR) is 68.7 cm³/mol. The average molecular weight is 307 g/mol. The molecule has 0 radical (unpaired) electrons. The van der Waals surface area contributed by atoms with E-state index < -0.39 is 9.84 Å². The van der Waals surface area contributed by atoms with Crippen molar-refractivity contribution in [1.29, 1.82) is 0 Å². The van der Waals surface area contributed by atoms with E-state index in [4.69, 9.17) is 4.74 Å². The molecule has 3 nitrogen and oxygen atoms in total. The summed E-state index contributed by atoms with van der Waals surface area (Å²) in [4.78, 5) is 0. The molecule has 1 rings (SSSR count). The summed E-state index contributed by atoms with van der Waals surface area (Å²) in [5.74, 6) is 0.961. The molecule has 0 aliphatic carbocycles.